The second kappa shape index (κ2) is 7.52. The summed E-state index contributed by atoms with van der Waals surface area (Å²) in [7, 11) is 0. The minimum Gasteiger partial charge on any atom is -0.438 e. The average molecular weight is 483 g/mol. The van der Waals surface area contributed by atoms with Crippen LogP contribution in [0.5, 0.6) is 11.6 Å². The van der Waals surface area contributed by atoms with E-state index in [2.05, 4.69) is 16.4 Å². The standard InChI is InChI=1S/C27H26N6O3/c1-16-10-18(6-4-7-28)11-17(2)21(16)36-22-19-20(23(34)33-8-5-9-35-25(19,33)3)30-24(31-22)32-27-12-26(13-27,14-27)15-29/h4,6,10-11H,5,8-9,12-14H2,1-3H3,(H,30,31,32)/b6-4+. The Hall–Kier alpha value is -3.95. The molecule has 1 unspecified atom stereocenters. The van der Waals surface area contributed by atoms with Crippen LogP contribution >= 0.6 is 0 Å². The monoisotopic (exact) mass is 482 g/mol. The van der Waals surface area contributed by atoms with Gasteiger partial charge in [0.15, 0.2) is 5.72 Å². The highest BCUT2D eigenvalue weighted by Gasteiger charge is 2.69. The molecule has 1 amide bonds. The van der Waals surface area contributed by atoms with Crippen LogP contribution in [-0.4, -0.2) is 39.5 Å². The lowest BCUT2D eigenvalue weighted by Crippen LogP contribution is -2.70. The van der Waals surface area contributed by atoms with E-state index < -0.39 is 5.72 Å². The van der Waals surface area contributed by atoms with Gasteiger partial charge in [0, 0.05) is 18.2 Å². The Bertz CT molecular complexity index is 1390. The van der Waals surface area contributed by atoms with Gasteiger partial charge in [-0.05, 0) is 81.4 Å². The van der Waals surface area contributed by atoms with Crippen LogP contribution in [0.25, 0.3) is 6.08 Å². The first-order valence-electron chi connectivity index (χ1n) is 12.1. The number of aromatic nitrogens is 2. The Kier molecular flexibility index (Phi) is 4.70. The molecule has 1 aromatic carbocycles. The van der Waals surface area contributed by atoms with Crippen molar-refractivity contribution >= 4 is 17.9 Å². The minimum atomic E-state index is -1.00. The first-order valence-corrected chi connectivity index (χ1v) is 12.1. The molecule has 1 saturated heterocycles. The second-order valence-electron chi connectivity index (χ2n) is 10.6. The number of hydrogen-bond acceptors (Lipinski definition) is 8. The van der Waals surface area contributed by atoms with Crippen molar-refractivity contribution in [1.29, 1.82) is 10.5 Å². The normalized spacial score (nSPS) is 29.5. The van der Waals surface area contributed by atoms with Crippen LogP contribution in [0.4, 0.5) is 5.95 Å². The van der Waals surface area contributed by atoms with E-state index in [9.17, 15) is 10.1 Å². The Morgan fingerprint density at radius 1 is 1.19 bits per heavy atom. The van der Waals surface area contributed by atoms with Crippen LogP contribution in [0.1, 0.15) is 65.3 Å². The Balaban J connectivity index is 1.42. The maximum Gasteiger partial charge on any atom is 0.275 e. The van der Waals surface area contributed by atoms with Crippen molar-refractivity contribution in [3.05, 3.63) is 46.2 Å². The van der Waals surface area contributed by atoms with E-state index in [0.717, 1.165) is 42.4 Å². The molecular formula is C27H26N6O3. The molecular weight excluding hydrogens is 456 g/mol. The zero-order chi connectivity index (χ0) is 25.3. The first-order chi connectivity index (χ1) is 17.2. The number of benzene rings is 1. The molecule has 36 heavy (non-hydrogen) atoms. The maximum absolute atomic E-state index is 13.4. The Morgan fingerprint density at radius 2 is 1.92 bits per heavy atom. The summed E-state index contributed by atoms with van der Waals surface area (Å²) < 4.78 is 12.6. The minimum absolute atomic E-state index is 0.195. The number of rotatable bonds is 5. The largest absolute Gasteiger partial charge is 0.438 e. The molecule has 182 valence electrons. The number of nitriles is 2. The van der Waals surface area contributed by atoms with Crippen molar-refractivity contribution < 1.29 is 14.3 Å². The summed E-state index contributed by atoms with van der Waals surface area (Å²) in [5.41, 5.74) is 2.05. The lowest BCUT2D eigenvalue weighted by Gasteiger charge is -2.66. The zero-order valence-electron chi connectivity index (χ0n) is 20.5. The molecule has 4 fully saturated rings. The summed E-state index contributed by atoms with van der Waals surface area (Å²) in [6.45, 7) is 6.83. The van der Waals surface area contributed by atoms with E-state index in [1.165, 1.54) is 6.08 Å². The van der Waals surface area contributed by atoms with Crippen LogP contribution in [0, 0.1) is 41.9 Å². The highest BCUT2D eigenvalue weighted by Crippen LogP contribution is 2.67. The molecule has 7 rings (SSSR count). The fourth-order valence-corrected chi connectivity index (χ4v) is 6.31. The van der Waals surface area contributed by atoms with Gasteiger partial charge in [0.2, 0.25) is 11.8 Å². The van der Waals surface area contributed by atoms with Crippen molar-refractivity contribution in [1.82, 2.24) is 14.9 Å². The summed E-state index contributed by atoms with van der Waals surface area (Å²) in [5, 5.41) is 21.7. The molecule has 9 heteroatoms. The fourth-order valence-electron chi connectivity index (χ4n) is 6.31. The third-order valence-corrected chi connectivity index (χ3v) is 7.89. The van der Waals surface area contributed by atoms with Gasteiger partial charge in [-0.25, -0.2) is 4.98 Å². The first kappa shape index (κ1) is 22.5. The molecule has 1 aromatic heterocycles. The van der Waals surface area contributed by atoms with Crippen LogP contribution in [0.3, 0.4) is 0 Å². The number of carbonyl (C=O) groups is 1. The van der Waals surface area contributed by atoms with Gasteiger partial charge in [0.05, 0.1) is 29.7 Å². The van der Waals surface area contributed by atoms with Gasteiger partial charge >= 0.3 is 0 Å². The molecule has 3 saturated carbocycles. The van der Waals surface area contributed by atoms with E-state index in [-0.39, 0.29) is 28.4 Å². The molecule has 2 aromatic rings. The molecule has 3 heterocycles. The Morgan fingerprint density at radius 3 is 2.58 bits per heavy atom. The number of amides is 1. The van der Waals surface area contributed by atoms with Gasteiger partial charge in [-0.15, -0.1) is 0 Å². The van der Waals surface area contributed by atoms with Crippen molar-refractivity contribution in [3.8, 4) is 23.8 Å². The number of fused-ring (bicyclic) bond motifs is 3. The third-order valence-electron chi connectivity index (χ3n) is 7.89. The quantitative estimate of drug-likeness (QED) is 0.625. The van der Waals surface area contributed by atoms with E-state index >= 15 is 0 Å². The van der Waals surface area contributed by atoms with Crippen molar-refractivity contribution in [2.24, 2.45) is 5.41 Å². The molecule has 3 aliphatic carbocycles. The lowest BCUT2D eigenvalue weighted by atomic mass is 9.40. The summed E-state index contributed by atoms with van der Waals surface area (Å²) in [6, 6.07) is 8.30. The van der Waals surface area contributed by atoms with Crippen LogP contribution in [0.2, 0.25) is 0 Å². The molecule has 1 N–H and O–H groups in total. The van der Waals surface area contributed by atoms with E-state index in [0.29, 0.717) is 30.4 Å². The number of nitrogens with one attached hydrogen (secondary N) is 1. The van der Waals surface area contributed by atoms with Crippen molar-refractivity contribution in [2.45, 2.75) is 57.7 Å². The highest BCUT2D eigenvalue weighted by atomic mass is 16.5. The maximum atomic E-state index is 13.4. The van der Waals surface area contributed by atoms with Gasteiger partial charge in [-0.1, -0.05) is 0 Å². The molecule has 2 bridgehead atoms. The molecule has 9 nitrogen and oxygen atoms in total. The third kappa shape index (κ3) is 3.13. The molecule has 5 aliphatic rings. The summed E-state index contributed by atoms with van der Waals surface area (Å²) in [5.74, 6) is 1.06. The number of anilines is 1. The van der Waals surface area contributed by atoms with Crippen LogP contribution in [0.15, 0.2) is 18.2 Å². The number of aryl methyl sites for hydroxylation is 2. The van der Waals surface area contributed by atoms with Gasteiger partial charge < -0.3 is 19.7 Å². The lowest BCUT2D eigenvalue weighted by molar-refractivity contribution is -0.154. The van der Waals surface area contributed by atoms with E-state index in [4.69, 9.17) is 19.7 Å². The van der Waals surface area contributed by atoms with Gasteiger partial charge in [0.25, 0.3) is 5.91 Å². The highest BCUT2D eigenvalue weighted by molar-refractivity contribution is 5.99. The van der Waals surface area contributed by atoms with Crippen LogP contribution in [-0.2, 0) is 10.5 Å². The van der Waals surface area contributed by atoms with E-state index in [1.807, 2.05) is 39.0 Å². The smallest absolute Gasteiger partial charge is 0.275 e. The predicted molar refractivity (Wildman–Crippen MR) is 130 cm³/mol. The molecule has 2 aliphatic heterocycles. The van der Waals surface area contributed by atoms with Gasteiger partial charge in [0.1, 0.15) is 11.4 Å². The average Bonchev–Trinajstić information content (AvgIpc) is 3.03. The number of hydrogen-bond donors (Lipinski definition) is 1. The summed E-state index contributed by atoms with van der Waals surface area (Å²) >= 11 is 0. The SMILES string of the molecule is Cc1cc(/C=C/C#N)cc(C)c1Oc1nc(NC23CC(C#N)(C2)C3)nc2c1C1(C)OCCCN1C2=O. The molecule has 1 atom stereocenters. The Labute approximate surface area is 209 Å². The van der Waals surface area contributed by atoms with Gasteiger partial charge in [-0.2, -0.15) is 15.5 Å². The molecule has 0 spiro atoms. The topological polar surface area (TPSA) is 124 Å². The predicted octanol–water partition coefficient (Wildman–Crippen LogP) is 4.33. The number of nitrogens with zero attached hydrogens (tertiary/aromatic N) is 5. The van der Waals surface area contributed by atoms with E-state index in [1.54, 1.807) is 11.0 Å². The fraction of sp³-hybridized carbons (Fsp3) is 0.444. The summed E-state index contributed by atoms with van der Waals surface area (Å²) in [6.07, 6.45) is 6.20. The zero-order valence-corrected chi connectivity index (χ0v) is 20.5. The number of ether oxygens (including phenoxy) is 2. The van der Waals surface area contributed by atoms with Crippen molar-refractivity contribution in [3.63, 3.8) is 0 Å². The second-order valence-corrected chi connectivity index (χ2v) is 10.6. The van der Waals surface area contributed by atoms with Crippen molar-refractivity contribution in [2.75, 3.05) is 18.5 Å². The van der Waals surface area contributed by atoms with Gasteiger partial charge in [-0.3, -0.25) is 4.79 Å². The molecule has 0 radical (unpaired) electrons. The number of allylic oxidation sites excluding steroid dienone is 1. The number of carbonyl (C=O) groups excluding carboxylic acids is 1. The summed E-state index contributed by atoms with van der Waals surface area (Å²) in [4.78, 5) is 24.5. The van der Waals surface area contributed by atoms with Crippen LogP contribution < -0.4 is 10.1 Å².